The lowest BCUT2D eigenvalue weighted by molar-refractivity contribution is -0.113. The number of carbonyl (C=O) groups excluding carboxylic acids is 1. The molecule has 0 unspecified atom stereocenters. The monoisotopic (exact) mass is 662 g/mol. The van der Waals surface area contributed by atoms with Crippen LogP contribution in [0.15, 0.2) is 117 Å². The summed E-state index contributed by atoms with van der Waals surface area (Å²) in [6, 6.07) is 34.2. The lowest BCUT2D eigenvalue weighted by Crippen LogP contribution is -2.28. The number of thioether (sulfide) groups is 1. The molecule has 0 spiro atoms. The van der Waals surface area contributed by atoms with Crippen molar-refractivity contribution >= 4 is 67.0 Å². The van der Waals surface area contributed by atoms with Crippen molar-refractivity contribution in [3.8, 4) is 11.5 Å². The first-order valence-corrected chi connectivity index (χ1v) is 16.0. The van der Waals surface area contributed by atoms with Crippen LogP contribution in [0.25, 0.3) is 16.8 Å². The Balaban J connectivity index is 1.33. The van der Waals surface area contributed by atoms with Gasteiger partial charge in [-0.05, 0) is 113 Å². The van der Waals surface area contributed by atoms with Gasteiger partial charge in [0.05, 0.1) is 27.4 Å². The van der Waals surface area contributed by atoms with Gasteiger partial charge < -0.3 is 9.47 Å². The second-order valence-electron chi connectivity index (χ2n) is 10.5. The quantitative estimate of drug-likeness (QED) is 0.155. The number of carbonyl (C=O) groups is 1. The van der Waals surface area contributed by atoms with E-state index in [1.807, 2.05) is 106 Å². The summed E-state index contributed by atoms with van der Waals surface area (Å²) in [6.45, 7) is 6.87. The first-order valence-electron chi connectivity index (χ1n) is 14.4. The molecule has 0 aliphatic carbocycles. The molecule has 0 N–H and O–H groups in total. The van der Waals surface area contributed by atoms with Crippen LogP contribution in [0.5, 0.6) is 11.5 Å². The average molecular weight is 664 g/mol. The zero-order valence-electron chi connectivity index (χ0n) is 24.7. The fourth-order valence-corrected chi connectivity index (χ4v) is 6.57. The van der Waals surface area contributed by atoms with E-state index < -0.39 is 0 Å². The van der Waals surface area contributed by atoms with E-state index in [0.29, 0.717) is 34.8 Å². The third-order valence-corrected chi connectivity index (χ3v) is 8.80. The molecule has 7 heteroatoms. The van der Waals surface area contributed by atoms with Crippen LogP contribution in [0, 0.1) is 13.8 Å². The predicted octanol–water partition coefficient (Wildman–Crippen LogP) is 10.0. The maximum Gasteiger partial charge on any atom is 0.271 e. The third kappa shape index (κ3) is 6.44. The summed E-state index contributed by atoms with van der Waals surface area (Å²) < 4.78 is 13.1. The number of amidine groups is 1. The number of aryl methyl sites for hydroxylation is 2. The van der Waals surface area contributed by atoms with Crippen LogP contribution in [0.1, 0.15) is 29.2 Å². The zero-order chi connectivity index (χ0) is 30.6. The van der Waals surface area contributed by atoms with E-state index in [1.165, 1.54) is 17.1 Å². The number of halogens is 1. The highest BCUT2D eigenvalue weighted by atomic mass is 79.9. The second-order valence-corrected chi connectivity index (χ2v) is 12.4. The lowest BCUT2D eigenvalue weighted by Gasteiger charge is -2.16. The Labute approximate surface area is 270 Å². The Hall–Kier alpha value is -4.33. The van der Waals surface area contributed by atoms with Crippen molar-refractivity contribution in [1.82, 2.24) is 0 Å². The van der Waals surface area contributed by atoms with Gasteiger partial charge in [0.15, 0.2) is 16.7 Å². The molecule has 1 saturated heterocycles. The number of amides is 1. The Morgan fingerprint density at radius 3 is 2.32 bits per heavy atom. The van der Waals surface area contributed by atoms with Gasteiger partial charge in [-0.25, -0.2) is 4.99 Å². The van der Waals surface area contributed by atoms with Crippen molar-refractivity contribution in [3.63, 3.8) is 0 Å². The molecule has 0 radical (unpaired) electrons. The molecule has 1 fully saturated rings. The standard InChI is InChI=1S/C37H31BrN2O3S/c1-4-42-33-21-26(20-32(38)35(33)43-23-28-10-7-9-27-8-5-6-11-31(27)28)22-34-36(41)40(30-18-14-25(3)15-19-30)37(44-34)39-29-16-12-24(2)13-17-29/h5-22H,4,23H2,1-3H3/b34-22-,39-37?. The fourth-order valence-electron chi connectivity index (χ4n) is 4.99. The van der Waals surface area contributed by atoms with Crippen LogP contribution >= 0.6 is 27.7 Å². The number of benzene rings is 5. The maximum atomic E-state index is 13.9. The topological polar surface area (TPSA) is 51.1 Å². The number of rotatable bonds is 8. The fraction of sp³-hybridized carbons (Fsp3) is 0.135. The summed E-state index contributed by atoms with van der Waals surface area (Å²) >= 11 is 5.07. The molecular weight excluding hydrogens is 632 g/mol. The van der Waals surface area contributed by atoms with Gasteiger partial charge in [-0.3, -0.25) is 9.69 Å². The normalized spacial score (nSPS) is 15.0. The number of nitrogens with zero attached hydrogens (tertiary/aromatic N) is 2. The van der Waals surface area contributed by atoms with Gasteiger partial charge in [-0.15, -0.1) is 0 Å². The molecule has 0 aromatic heterocycles. The first kappa shape index (κ1) is 29.7. The van der Waals surface area contributed by atoms with Crippen LogP contribution in [0.2, 0.25) is 0 Å². The third-order valence-electron chi connectivity index (χ3n) is 7.24. The molecule has 1 aliphatic rings. The first-order chi connectivity index (χ1) is 21.4. The summed E-state index contributed by atoms with van der Waals surface area (Å²) in [4.78, 5) is 21.0. The van der Waals surface area contributed by atoms with Gasteiger partial charge in [0, 0.05) is 0 Å². The minimum absolute atomic E-state index is 0.130. The SMILES string of the molecule is CCOc1cc(/C=C2\SC(=Nc3ccc(C)cc3)N(c3ccc(C)cc3)C2=O)cc(Br)c1OCc1cccc2ccccc12. The summed E-state index contributed by atoms with van der Waals surface area (Å²) in [5, 5.41) is 2.93. The molecule has 5 aromatic carbocycles. The smallest absolute Gasteiger partial charge is 0.271 e. The van der Waals surface area contributed by atoms with Gasteiger partial charge in [-0.2, -0.15) is 0 Å². The molecule has 5 nitrogen and oxygen atoms in total. The lowest BCUT2D eigenvalue weighted by atomic mass is 10.1. The molecular formula is C37H31BrN2O3S. The molecule has 44 heavy (non-hydrogen) atoms. The van der Waals surface area contributed by atoms with Gasteiger partial charge >= 0.3 is 0 Å². The second kappa shape index (κ2) is 13.1. The van der Waals surface area contributed by atoms with E-state index in [4.69, 9.17) is 14.5 Å². The summed E-state index contributed by atoms with van der Waals surface area (Å²) in [6.07, 6.45) is 1.88. The molecule has 0 bridgehead atoms. The molecule has 5 aromatic rings. The number of ether oxygens (including phenoxy) is 2. The number of aliphatic imine (C=N–C) groups is 1. The minimum atomic E-state index is -0.130. The Bertz CT molecular complexity index is 1890. The van der Waals surface area contributed by atoms with E-state index in [1.54, 1.807) is 4.90 Å². The van der Waals surface area contributed by atoms with E-state index >= 15 is 0 Å². The Morgan fingerprint density at radius 2 is 1.57 bits per heavy atom. The van der Waals surface area contributed by atoms with Crippen LogP contribution in [0.3, 0.4) is 0 Å². The maximum absolute atomic E-state index is 13.9. The molecule has 0 saturated carbocycles. The van der Waals surface area contributed by atoms with Crippen molar-refractivity contribution in [3.05, 3.63) is 135 Å². The minimum Gasteiger partial charge on any atom is -0.490 e. The zero-order valence-corrected chi connectivity index (χ0v) is 27.1. The molecule has 0 atom stereocenters. The highest BCUT2D eigenvalue weighted by Gasteiger charge is 2.35. The highest BCUT2D eigenvalue weighted by Crippen LogP contribution is 2.41. The molecule has 1 amide bonds. The van der Waals surface area contributed by atoms with Crippen LogP contribution in [-0.4, -0.2) is 17.7 Å². The average Bonchev–Trinajstić information content (AvgIpc) is 3.32. The van der Waals surface area contributed by atoms with E-state index in [2.05, 4.69) is 40.2 Å². The summed E-state index contributed by atoms with van der Waals surface area (Å²) in [5.41, 5.74) is 5.74. The van der Waals surface area contributed by atoms with Crippen LogP contribution in [-0.2, 0) is 11.4 Å². The van der Waals surface area contributed by atoms with Crippen molar-refractivity contribution in [2.24, 2.45) is 4.99 Å². The van der Waals surface area contributed by atoms with Crippen molar-refractivity contribution in [2.75, 3.05) is 11.5 Å². The van der Waals surface area contributed by atoms with Crippen LogP contribution in [0.4, 0.5) is 11.4 Å². The van der Waals surface area contributed by atoms with E-state index in [9.17, 15) is 4.79 Å². The molecule has 1 heterocycles. The summed E-state index contributed by atoms with van der Waals surface area (Å²) in [7, 11) is 0. The van der Waals surface area contributed by atoms with Gasteiger partial charge in [-0.1, -0.05) is 77.9 Å². The Kier molecular flexibility index (Phi) is 8.87. The van der Waals surface area contributed by atoms with Gasteiger partial charge in [0.1, 0.15) is 6.61 Å². The Morgan fingerprint density at radius 1 is 0.864 bits per heavy atom. The van der Waals surface area contributed by atoms with Crippen LogP contribution < -0.4 is 14.4 Å². The van der Waals surface area contributed by atoms with E-state index in [0.717, 1.165) is 43.5 Å². The van der Waals surface area contributed by atoms with E-state index in [-0.39, 0.29) is 5.91 Å². The summed E-state index contributed by atoms with van der Waals surface area (Å²) in [5.74, 6) is 1.10. The highest BCUT2D eigenvalue weighted by molar-refractivity contribution is 9.10. The predicted molar refractivity (Wildman–Crippen MR) is 186 cm³/mol. The van der Waals surface area contributed by atoms with Gasteiger partial charge in [0.2, 0.25) is 0 Å². The van der Waals surface area contributed by atoms with Crippen molar-refractivity contribution in [2.45, 2.75) is 27.4 Å². The van der Waals surface area contributed by atoms with Gasteiger partial charge in [0.25, 0.3) is 5.91 Å². The molecule has 220 valence electrons. The largest absolute Gasteiger partial charge is 0.490 e. The number of hydrogen-bond donors (Lipinski definition) is 0. The molecule has 1 aliphatic heterocycles. The number of fused-ring (bicyclic) bond motifs is 1. The van der Waals surface area contributed by atoms with Crippen molar-refractivity contribution in [1.29, 1.82) is 0 Å². The number of hydrogen-bond acceptors (Lipinski definition) is 5. The molecule has 6 rings (SSSR count). The van der Waals surface area contributed by atoms with Crippen molar-refractivity contribution < 1.29 is 14.3 Å². The number of anilines is 1.